The lowest BCUT2D eigenvalue weighted by molar-refractivity contribution is -0.117. The van der Waals surface area contributed by atoms with Crippen molar-refractivity contribution in [3.05, 3.63) is 11.8 Å². The highest BCUT2D eigenvalue weighted by Gasteiger charge is 2.31. The van der Waals surface area contributed by atoms with E-state index in [2.05, 4.69) is 34.9 Å². The van der Waals surface area contributed by atoms with Gasteiger partial charge in [0.25, 0.3) is 0 Å². The van der Waals surface area contributed by atoms with Gasteiger partial charge in [-0.25, -0.2) is 0 Å². The first-order valence-corrected chi connectivity index (χ1v) is 7.05. The summed E-state index contributed by atoms with van der Waals surface area (Å²) < 4.78 is 1.81. The van der Waals surface area contributed by atoms with E-state index in [0.717, 1.165) is 23.4 Å². The number of carbonyl (C=O) groups excluding carboxylic acids is 1. The number of amides is 1. The minimum absolute atomic E-state index is 0.202. The van der Waals surface area contributed by atoms with Gasteiger partial charge in [-0.3, -0.25) is 14.4 Å². The Hall–Kier alpha value is -0.840. The summed E-state index contributed by atoms with van der Waals surface area (Å²) in [5.74, 6) is 1.93. The molecule has 5 heteroatoms. The molecule has 2 heterocycles. The van der Waals surface area contributed by atoms with E-state index in [1.807, 2.05) is 22.7 Å². The van der Waals surface area contributed by atoms with Crippen LogP contribution in [0.5, 0.6) is 0 Å². The van der Waals surface area contributed by atoms with E-state index >= 15 is 0 Å². The molecule has 1 atom stereocenters. The number of halogens is 1. The van der Waals surface area contributed by atoms with Gasteiger partial charge in [0, 0.05) is 31.4 Å². The molecule has 17 heavy (non-hydrogen) atoms. The van der Waals surface area contributed by atoms with Crippen LogP contribution in [0.1, 0.15) is 31.9 Å². The molecule has 0 bridgehead atoms. The predicted molar refractivity (Wildman–Crippen MR) is 71.6 cm³/mol. The Bertz CT molecular complexity index is 427. The van der Waals surface area contributed by atoms with Crippen molar-refractivity contribution >= 4 is 27.7 Å². The van der Waals surface area contributed by atoms with Crippen molar-refractivity contribution in [2.24, 2.45) is 13.0 Å². The molecule has 0 N–H and O–H groups in total. The fourth-order valence-electron chi connectivity index (χ4n) is 2.12. The Labute approximate surface area is 110 Å². The molecule has 2 rings (SSSR count). The highest BCUT2D eigenvalue weighted by Crippen LogP contribution is 2.27. The first kappa shape index (κ1) is 12.6. The second-order valence-electron chi connectivity index (χ2n) is 4.93. The van der Waals surface area contributed by atoms with E-state index in [1.165, 1.54) is 0 Å². The van der Waals surface area contributed by atoms with E-state index in [-0.39, 0.29) is 5.91 Å². The minimum atomic E-state index is 0.202. The summed E-state index contributed by atoms with van der Waals surface area (Å²) in [6, 6.07) is 2.03. The van der Waals surface area contributed by atoms with Crippen LogP contribution in [0.15, 0.2) is 6.07 Å². The summed E-state index contributed by atoms with van der Waals surface area (Å²) in [5, 5.41) is 5.33. The summed E-state index contributed by atoms with van der Waals surface area (Å²) in [6.07, 6.45) is 0.632. The first-order chi connectivity index (χ1) is 8.02. The third-order valence-corrected chi connectivity index (χ3v) is 4.08. The number of hydrogen-bond donors (Lipinski definition) is 0. The van der Waals surface area contributed by atoms with Crippen LogP contribution in [-0.4, -0.2) is 27.6 Å². The van der Waals surface area contributed by atoms with Gasteiger partial charge in [0.05, 0.1) is 5.69 Å². The van der Waals surface area contributed by atoms with Crippen LogP contribution in [0.25, 0.3) is 0 Å². The number of aromatic nitrogens is 2. The third-order valence-electron chi connectivity index (χ3n) is 3.17. The molecule has 1 unspecified atom stereocenters. The molecule has 1 saturated heterocycles. The lowest BCUT2D eigenvalue weighted by Crippen LogP contribution is -2.26. The van der Waals surface area contributed by atoms with E-state index in [1.54, 1.807) is 0 Å². The van der Waals surface area contributed by atoms with Crippen LogP contribution >= 0.6 is 15.9 Å². The summed E-state index contributed by atoms with van der Waals surface area (Å²) in [5.41, 5.74) is 1.04. The van der Waals surface area contributed by atoms with E-state index in [9.17, 15) is 4.79 Å². The van der Waals surface area contributed by atoms with Crippen LogP contribution in [0.4, 0.5) is 5.82 Å². The average Bonchev–Trinajstić information content (AvgIpc) is 2.81. The van der Waals surface area contributed by atoms with E-state index in [4.69, 9.17) is 0 Å². The van der Waals surface area contributed by atoms with Crippen LogP contribution in [0.3, 0.4) is 0 Å². The molecule has 1 fully saturated rings. The molecule has 0 saturated carbocycles. The summed E-state index contributed by atoms with van der Waals surface area (Å²) in [7, 11) is 1.90. The number of aryl methyl sites for hydroxylation is 1. The van der Waals surface area contributed by atoms with Crippen molar-refractivity contribution in [2.75, 3.05) is 16.8 Å². The van der Waals surface area contributed by atoms with Gasteiger partial charge in [0.2, 0.25) is 5.91 Å². The zero-order chi connectivity index (χ0) is 12.6. The molecular formula is C12H18BrN3O. The van der Waals surface area contributed by atoms with Crippen LogP contribution in [0.2, 0.25) is 0 Å². The highest BCUT2D eigenvalue weighted by atomic mass is 79.9. The smallest absolute Gasteiger partial charge is 0.228 e. The first-order valence-electron chi connectivity index (χ1n) is 5.93. The van der Waals surface area contributed by atoms with Gasteiger partial charge in [-0.1, -0.05) is 29.8 Å². The molecule has 0 spiro atoms. The van der Waals surface area contributed by atoms with Gasteiger partial charge in [0.1, 0.15) is 5.82 Å². The Balaban J connectivity index is 2.25. The SMILES string of the molecule is CC(C)c1cc(N2CC(CBr)CC2=O)n(C)n1. The van der Waals surface area contributed by atoms with Crippen molar-refractivity contribution in [3.8, 4) is 0 Å². The van der Waals surface area contributed by atoms with Crippen molar-refractivity contribution in [1.82, 2.24) is 9.78 Å². The quantitative estimate of drug-likeness (QED) is 0.803. The zero-order valence-electron chi connectivity index (χ0n) is 10.5. The lowest BCUT2D eigenvalue weighted by atomic mass is 10.1. The number of rotatable bonds is 3. The fraction of sp³-hybridized carbons (Fsp3) is 0.667. The van der Waals surface area contributed by atoms with Gasteiger partial charge < -0.3 is 0 Å². The number of anilines is 1. The molecule has 1 aliphatic heterocycles. The van der Waals surface area contributed by atoms with Gasteiger partial charge in [-0.05, 0) is 11.8 Å². The number of alkyl halides is 1. The van der Waals surface area contributed by atoms with E-state index in [0.29, 0.717) is 18.3 Å². The number of hydrogen-bond acceptors (Lipinski definition) is 2. The topological polar surface area (TPSA) is 38.1 Å². The van der Waals surface area contributed by atoms with Gasteiger partial charge >= 0.3 is 0 Å². The summed E-state index contributed by atoms with van der Waals surface area (Å²) >= 11 is 3.45. The largest absolute Gasteiger partial charge is 0.297 e. The second kappa shape index (κ2) is 4.80. The maximum atomic E-state index is 11.9. The molecule has 0 aromatic carbocycles. The molecule has 1 aliphatic rings. The zero-order valence-corrected chi connectivity index (χ0v) is 12.1. The van der Waals surface area contributed by atoms with Crippen molar-refractivity contribution in [3.63, 3.8) is 0 Å². The van der Waals surface area contributed by atoms with Gasteiger partial charge in [0.15, 0.2) is 0 Å². The monoisotopic (exact) mass is 299 g/mol. The molecule has 1 aromatic heterocycles. The molecule has 1 amide bonds. The Morgan fingerprint density at radius 3 is 2.76 bits per heavy atom. The fourth-order valence-corrected chi connectivity index (χ4v) is 2.55. The summed E-state index contributed by atoms with van der Waals surface area (Å²) in [6.45, 7) is 5.01. The molecule has 1 aromatic rings. The molecular weight excluding hydrogens is 282 g/mol. The maximum absolute atomic E-state index is 11.9. The average molecular weight is 300 g/mol. The summed E-state index contributed by atoms with van der Waals surface area (Å²) in [4.78, 5) is 13.8. The lowest BCUT2D eigenvalue weighted by Gasteiger charge is -2.15. The van der Waals surface area contributed by atoms with Crippen LogP contribution in [-0.2, 0) is 11.8 Å². The van der Waals surface area contributed by atoms with Crippen molar-refractivity contribution in [2.45, 2.75) is 26.2 Å². The van der Waals surface area contributed by atoms with Crippen LogP contribution < -0.4 is 4.90 Å². The molecule has 0 radical (unpaired) electrons. The second-order valence-corrected chi connectivity index (χ2v) is 5.58. The normalized spacial score (nSPS) is 20.6. The molecule has 94 valence electrons. The van der Waals surface area contributed by atoms with E-state index < -0.39 is 0 Å². The maximum Gasteiger partial charge on any atom is 0.228 e. The molecule has 0 aliphatic carbocycles. The third kappa shape index (κ3) is 2.39. The highest BCUT2D eigenvalue weighted by molar-refractivity contribution is 9.09. The Morgan fingerprint density at radius 2 is 2.29 bits per heavy atom. The minimum Gasteiger partial charge on any atom is -0.297 e. The Kier molecular flexibility index (Phi) is 3.56. The number of nitrogens with zero attached hydrogens (tertiary/aromatic N) is 3. The van der Waals surface area contributed by atoms with Gasteiger partial charge in [-0.2, -0.15) is 5.10 Å². The van der Waals surface area contributed by atoms with Crippen LogP contribution in [0, 0.1) is 5.92 Å². The number of carbonyl (C=O) groups is 1. The molecule has 4 nitrogen and oxygen atoms in total. The van der Waals surface area contributed by atoms with Crippen molar-refractivity contribution < 1.29 is 4.79 Å². The van der Waals surface area contributed by atoms with Gasteiger partial charge in [-0.15, -0.1) is 0 Å². The Morgan fingerprint density at radius 1 is 1.59 bits per heavy atom. The predicted octanol–water partition coefficient (Wildman–Crippen LogP) is 2.29. The standard InChI is InChI=1S/C12H18BrN3O/c1-8(2)10-5-11(15(3)14-10)16-7-9(6-13)4-12(16)17/h5,8-9H,4,6-7H2,1-3H3. The van der Waals surface area contributed by atoms with Crippen molar-refractivity contribution in [1.29, 1.82) is 0 Å².